The van der Waals surface area contributed by atoms with Crippen molar-refractivity contribution in [3.63, 3.8) is 0 Å². The minimum Gasteiger partial charge on any atom is -0.444 e. The SMILES string of the molecule is O=C1Cc2c(F)cc(F)cc2/C1=C/c1cc2sc3c(sc4cc(/C=C5\CC(=O)c6c(F)cc(F)cc65)n(C(=O)OCc5ccccc5)c43)c2n1C(=O)OCc1ccccc1. The lowest BCUT2D eigenvalue weighted by Crippen LogP contribution is -2.15. The van der Waals surface area contributed by atoms with Gasteiger partial charge in [0.2, 0.25) is 0 Å². The molecule has 60 heavy (non-hydrogen) atoms. The van der Waals surface area contributed by atoms with Crippen LogP contribution >= 0.6 is 22.7 Å². The highest BCUT2D eigenvalue weighted by Crippen LogP contribution is 2.48. The van der Waals surface area contributed by atoms with E-state index in [2.05, 4.69) is 0 Å². The number of ether oxygens (including phenoxy) is 2. The minimum absolute atomic E-state index is 0.0373. The van der Waals surface area contributed by atoms with Crippen molar-refractivity contribution in [3.05, 3.63) is 165 Å². The van der Waals surface area contributed by atoms with Crippen LogP contribution in [0.1, 0.15) is 56.0 Å². The third-order valence-corrected chi connectivity index (χ3v) is 13.0. The summed E-state index contributed by atoms with van der Waals surface area (Å²) in [6, 6.07) is 25.0. The van der Waals surface area contributed by atoms with E-state index in [1.54, 1.807) is 54.6 Å². The number of carbonyl (C=O) groups excluding carboxylic acids is 4. The fourth-order valence-electron chi connectivity index (χ4n) is 7.90. The lowest BCUT2D eigenvalue weighted by atomic mass is 10.1. The number of carbonyl (C=O) groups is 4. The molecule has 0 fully saturated rings. The van der Waals surface area contributed by atoms with Crippen LogP contribution < -0.4 is 0 Å². The van der Waals surface area contributed by atoms with E-state index in [9.17, 15) is 36.7 Å². The number of thiophene rings is 2. The van der Waals surface area contributed by atoms with E-state index in [1.807, 2.05) is 24.3 Å². The first kappa shape index (κ1) is 37.4. The lowest BCUT2D eigenvalue weighted by Gasteiger charge is -2.10. The number of hydrogen-bond donors (Lipinski definition) is 0. The highest BCUT2D eigenvalue weighted by atomic mass is 32.1. The van der Waals surface area contributed by atoms with Gasteiger partial charge in [-0.1, -0.05) is 60.7 Å². The number of ketones is 2. The van der Waals surface area contributed by atoms with Crippen molar-refractivity contribution >= 4 is 99.6 Å². The van der Waals surface area contributed by atoms with Gasteiger partial charge in [0, 0.05) is 36.1 Å². The van der Waals surface area contributed by atoms with Crippen LogP contribution in [0.25, 0.3) is 53.1 Å². The van der Waals surface area contributed by atoms with Crippen molar-refractivity contribution in [1.29, 1.82) is 0 Å². The highest BCUT2D eigenvalue weighted by Gasteiger charge is 2.33. The number of Topliss-reactive ketones (excluding diaryl/α,β-unsaturated/α-hetero) is 2. The van der Waals surface area contributed by atoms with E-state index >= 15 is 0 Å². The topological polar surface area (TPSA) is 96.6 Å². The Bertz CT molecular complexity index is 3230. The summed E-state index contributed by atoms with van der Waals surface area (Å²) >= 11 is 2.51. The first-order chi connectivity index (χ1) is 29.0. The summed E-state index contributed by atoms with van der Waals surface area (Å²) in [5.41, 5.74) is 3.22. The van der Waals surface area contributed by atoms with Crippen LogP contribution in [0.5, 0.6) is 0 Å². The molecule has 296 valence electrons. The second-order valence-electron chi connectivity index (χ2n) is 14.3. The zero-order valence-electron chi connectivity index (χ0n) is 30.9. The van der Waals surface area contributed by atoms with E-state index in [1.165, 1.54) is 37.9 Å². The number of nitrogens with zero attached hydrogens (tertiary/aromatic N) is 2. The number of allylic oxidation sites excluding steroid dienone is 2. The monoisotopic (exact) mass is 842 g/mol. The fourth-order valence-corrected chi connectivity index (χ4v) is 10.6. The zero-order chi connectivity index (χ0) is 41.4. The van der Waals surface area contributed by atoms with Gasteiger partial charge in [-0.25, -0.2) is 36.3 Å². The van der Waals surface area contributed by atoms with Crippen LogP contribution in [0.15, 0.2) is 97.1 Å². The van der Waals surface area contributed by atoms with Crippen molar-refractivity contribution < 1.29 is 46.2 Å². The first-order valence-corrected chi connectivity index (χ1v) is 20.2. The Kier molecular flexibility index (Phi) is 8.99. The molecule has 10 rings (SSSR count). The molecule has 4 heterocycles. The average molecular weight is 843 g/mol. The Morgan fingerprint density at radius 3 is 1.70 bits per heavy atom. The fraction of sp³-hybridized carbons (Fsp3) is 0.0870. The van der Waals surface area contributed by atoms with Gasteiger partial charge in [0.1, 0.15) is 36.5 Å². The number of hydrogen-bond acceptors (Lipinski definition) is 8. The van der Waals surface area contributed by atoms with Gasteiger partial charge >= 0.3 is 12.2 Å². The van der Waals surface area contributed by atoms with Crippen LogP contribution in [0.3, 0.4) is 0 Å². The van der Waals surface area contributed by atoms with Crippen LogP contribution in [0.4, 0.5) is 27.2 Å². The van der Waals surface area contributed by atoms with Crippen molar-refractivity contribution in [2.24, 2.45) is 0 Å². The summed E-state index contributed by atoms with van der Waals surface area (Å²) < 4.78 is 75.1. The number of halogens is 4. The lowest BCUT2D eigenvalue weighted by molar-refractivity contribution is -0.112. The van der Waals surface area contributed by atoms with Gasteiger partial charge in [0.15, 0.2) is 11.6 Å². The second-order valence-corrected chi connectivity index (χ2v) is 16.4. The Hall–Kier alpha value is -6.90. The average Bonchev–Trinajstić information content (AvgIpc) is 4.05. The Morgan fingerprint density at radius 1 is 0.617 bits per heavy atom. The predicted octanol–water partition coefficient (Wildman–Crippen LogP) is 11.6. The normalized spacial score (nSPS) is 14.9. The first-order valence-electron chi connectivity index (χ1n) is 18.5. The molecule has 2 aliphatic carbocycles. The maximum absolute atomic E-state index is 14.8. The van der Waals surface area contributed by atoms with Crippen LogP contribution in [-0.2, 0) is 33.9 Å². The van der Waals surface area contributed by atoms with E-state index in [-0.39, 0.29) is 59.6 Å². The van der Waals surface area contributed by atoms with Gasteiger partial charge in [-0.15, -0.1) is 22.7 Å². The highest BCUT2D eigenvalue weighted by molar-refractivity contribution is 7.36. The molecule has 8 nitrogen and oxygen atoms in total. The van der Waals surface area contributed by atoms with E-state index in [4.69, 9.17) is 9.47 Å². The second kappa shape index (κ2) is 14.4. The molecule has 0 spiro atoms. The summed E-state index contributed by atoms with van der Waals surface area (Å²) in [4.78, 5) is 54.6. The molecule has 0 saturated carbocycles. The number of fused-ring (bicyclic) bond motifs is 7. The molecule has 4 aromatic carbocycles. The zero-order valence-corrected chi connectivity index (χ0v) is 32.5. The molecule has 0 unspecified atom stereocenters. The molecule has 0 saturated heterocycles. The number of aromatic nitrogens is 2. The van der Waals surface area contributed by atoms with Crippen LogP contribution in [0, 0.1) is 23.3 Å². The van der Waals surface area contributed by atoms with E-state index in [0.717, 1.165) is 29.3 Å². The van der Waals surface area contributed by atoms with Crippen molar-refractivity contribution in [3.8, 4) is 0 Å². The third kappa shape index (κ3) is 6.26. The molecule has 0 radical (unpaired) electrons. The molecule has 4 aromatic heterocycles. The van der Waals surface area contributed by atoms with Gasteiger partial charge in [-0.3, -0.25) is 9.59 Å². The van der Waals surface area contributed by atoms with Gasteiger partial charge in [-0.05, 0) is 64.2 Å². The van der Waals surface area contributed by atoms with Crippen LogP contribution in [-0.4, -0.2) is 32.9 Å². The standard InChI is InChI=1S/C46H26F4N2O6S2/c47-26-13-30-25(12-37(54)40(30)35(50)16-26)11-28-18-38-41(51(28)45(55)57-21-23-7-3-1-4-8-23)43-44(59-38)42-39(60-43)19-29(52(42)46(56)58-22-24-9-5-2-6-10-24)17-33-31-14-27(48)15-34(49)32(31)20-36(33)53/h1-11,13-19H,12,20-22H2/b25-11+,33-17-. The smallest absolute Gasteiger partial charge is 0.419 e. The summed E-state index contributed by atoms with van der Waals surface area (Å²) in [6.45, 7) is -0.151. The van der Waals surface area contributed by atoms with Crippen molar-refractivity contribution in [2.45, 2.75) is 26.1 Å². The van der Waals surface area contributed by atoms with Crippen molar-refractivity contribution in [1.82, 2.24) is 9.13 Å². The summed E-state index contributed by atoms with van der Waals surface area (Å²) in [6.07, 6.45) is 0.946. The summed E-state index contributed by atoms with van der Waals surface area (Å²) in [7, 11) is 0. The molecule has 0 aliphatic heterocycles. The molecule has 14 heteroatoms. The molecule has 0 atom stereocenters. The molecule has 0 bridgehead atoms. The molecular formula is C46H26F4N2O6S2. The maximum Gasteiger partial charge on any atom is 0.419 e. The largest absolute Gasteiger partial charge is 0.444 e. The molecule has 0 N–H and O–H groups in total. The van der Waals surface area contributed by atoms with E-state index in [0.29, 0.717) is 47.2 Å². The van der Waals surface area contributed by atoms with Crippen molar-refractivity contribution in [2.75, 3.05) is 0 Å². The quantitative estimate of drug-likeness (QED) is 0.122. The summed E-state index contributed by atoms with van der Waals surface area (Å²) in [5.74, 6) is -4.48. The predicted molar refractivity (Wildman–Crippen MR) is 221 cm³/mol. The van der Waals surface area contributed by atoms with E-state index < -0.39 is 47.0 Å². The molecule has 0 amide bonds. The maximum atomic E-state index is 14.8. The van der Waals surface area contributed by atoms with Gasteiger partial charge in [0.05, 0.1) is 46.8 Å². The number of benzene rings is 4. The molecule has 8 aromatic rings. The van der Waals surface area contributed by atoms with Gasteiger partial charge < -0.3 is 9.47 Å². The molecular weight excluding hydrogens is 817 g/mol. The van der Waals surface area contributed by atoms with Gasteiger partial charge in [-0.2, -0.15) is 0 Å². The third-order valence-electron chi connectivity index (χ3n) is 10.6. The Labute approximate surface area is 344 Å². The minimum atomic E-state index is -0.970. The summed E-state index contributed by atoms with van der Waals surface area (Å²) in [5, 5.41) is 0. The van der Waals surface area contributed by atoms with Crippen LogP contribution in [0.2, 0.25) is 0 Å². The Balaban J connectivity index is 1.15. The van der Waals surface area contributed by atoms with Gasteiger partial charge in [0.25, 0.3) is 0 Å². The number of rotatable bonds is 6. The Morgan fingerprint density at radius 2 is 1.13 bits per heavy atom. The molecule has 2 aliphatic rings.